The summed E-state index contributed by atoms with van der Waals surface area (Å²) in [5, 5.41) is 9.63. The highest BCUT2D eigenvalue weighted by molar-refractivity contribution is 6.30. The fraction of sp³-hybridized carbons (Fsp3) is 0.188. The number of para-hydroxylation sites is 1. The Balaban J connectivity index is 2.45. The first kappa shape index (κ1) is 14.4. The minimum absolute atomic E-state index is 0.0907. The number of ether oxygens (including phenoxy) is 1. The molecule has 0 radical (unpaired) electrons. The van der Waals surface area contributed by atoms with Crippen LogP contribution >= 0.6 is 11.6 Å². The van der Waals surface area contributed by atoms with Crippen molar-refractivity contribution in [2.24, 2.45) is 0 Å². The number of halogens is 1. The zero-order valence-corrected chi connectivity index (χ0v) is 12.0. The SMILES string of the molecule is CC(C)c1ccccc1Oc1cc(Cl)ccc1C(=O)O. The van der Waals surface area contributed by atoms with Gasteiger partial charge in [0.1, 0.15) is 17.1 Å². The van der Waals surface area contributed by atoms with Crippen LogP contribution in [0.5, 0.6) is 11.5 Å². The Morgan fingerprint density at radius 2 is 1.85 bits per heavy atom. The summed E-state index contributed by atoms with van der Waals surface area (Å²) >= 11 is 5.92. The van der Waals surface area contributed by atoms with Crippen molar-refractivity contribution in [2.75, 3.05) is 0 Å². The smallest absolute Gasteiger partial charge is 0.339 e. The van der Waals surface area contributed by atoms with E-state index in [1.807, 2.05) is 24.3 Å². The highest BCUT2D eigenvalue weighted by Gasteiger charge is 2.15. The summed E-state index contributed by atoms with van der Waals surface area (Å²) in [4.78, 5) is 11.2. The van der Waals surface area contributed by atoms with E-state index in [9.17, 15) is 9.90 Å². The molecular weight excluding hydrogens is 276 g/mol. The zero-order chi connectivity index (χ0) is 14.7. The van der Waals surface area contributed by atoms with Crippen LogP contribution < -0.4 is 4.74 Å². The Morgan fingerprint density at radius 3 is 2.50 bits per heavy atom. The first-order chi connectivity index (χ1) is 9.49. The van der Waals surface area contributed by atoms with Gasteiger partial charge < -0.3 is 9.84 Å². The van der Waals surface area contributed by atoms with Gasteiger partial charge in [-0.1, -0.05) is 43.6 Å². The molecule has 0 bridgehead atoms. The molecule has 0 aliphatic heterocycles. The molecule has 0 aliphatic rings. The minimum Gasteiger partial charge on any atom is -0.478 e. The first-order valence-electron chi connectivity index (χ1n) is 6.28. The highest BCUT2D eigenvalue weighted by atomic mass is 35.5. The van der Waals surface area contributed by atoms with Crippen LogP contribution in [0.15, 0.2) is 42.5 Å². The lowest BCUT2D eigenvalue weighted by atomic mass is 10.0. The van der Waals surface area contributed by atoms with Gasteiger partial charge in [0.25, 0.3) is 0 Å². The number of carboxylic acids is 1. The molecule has 2 rings (SSSR count). The van der Waals surface area contributed by atoms with Crippen molar-refractivity contribution in [3.63, 3.8) is 0 Å². The number of aromatic carboxylic acids is 1. The fourth-order valence-electron chi connectivity index (χ4n) is 1.93. The Morgan fingerprint density at radius 1 is 1.15 bits per heavy atom. The molecule has 0 saturated heterocycles. The largest absolute Gasteiger partial charge is 0.478 e. The zero-order valence-electron chi connectivity index (χ0n) is 11.3. The Bertz CT molecular complexity index is 635. The van der Waals surface area contributed by atoms with Gasteiger partial charge in [0.05, 0.1) is 0 Å². The van der Waals surface area contributed by atoms with Gasteiger partial charge in [-0.2, -0.15) is 0 Å². The van der Waals surface area contributed by atoms with E-state index >= 15 is 0 Å². The molecule has 4 heteroatoms. The molecule has 0 fully saturated rings. The van der Waals surface area contributed by atoms with Crippen LogP contribution in [0.4, 0.5) is 0 Å². The van der Waals surface area contributed by atoms with Crippen molar-refractivity contribution in [1.82, 2.24) is 0 Å². The lowest BCUT2D eigenvalue weighted by molar-refractivity contribution is 0.0694. The second kappa shape index (κ2) is 5.97. The summed E-state index contributed by atoms with van der Waals surface area (Å²) < 4.78 is 5.78. The van der Waals surface area contributed by atoms with Crippen LogP contribution in [0.2, 0.25) is 5.02 Å². The van der Waals surface area contributed by atoms with Crippen LogP contribution in [0.3, 0.4) is 0 Å². The number of hydrogen-bond donors (Lipinski definition) is 1. The lowest BCUT2D eigenvalue weighted by Gasteiger charge is -2.15. The summed E-state index contributed by atoms with van der Waals surface area (Å²) in [5.74, 6) is 0.128. The molecule has 0 amide bonds. The lowest BCUT2D eigenvalue weighted by Crippen LogP contribution is -2.01. The molecule has 2 aromatic rings. The minimum atomic E-state index is -1.04. The average Bonchev–Trinajstić information content (AvgIpc) is 2.38. The van der Waals surface area contributed by atoms with Gasteiger partial charge in [0.2, 0.25) is 0 Å². The van der Waals surface area contributed by atoms with E-state index in [4.69, 9.17) is 16.3 Å². The van der Waals surface area contributed by atoms with Gasteiger partial charge in [-0.05, 0) is 29.7 Å². The molecule has 0 saturated carbocycles. The molecule has 0 aliphatic carbocycles. The van der Waals surface area contributed by atoms with Crippen LogP contribution in [0.25, 0.3) is 0 Å². The molecular formula is C16H15ClO3. The number of hydrogen-bond acceptors (Lipinski definition) is 2. The molecule has 3 nitrogen and oxygen atoms in total. The van der Waals surface area contributed by atoms with Gasteiger partial charge in [-0.15, -0.1) is 0 Å². The third kappa shape index (κ3) is 3.11. The van der Waals surface area contributed by atoms with Crippen LogP contribution in [0, 0.1) is 0 Å². The molecule has 0 heterocycles. The third-order valence-electron chi connectivity index (χ3n) is 2.94. The van der Waals surface area contributed by atoms with E-state index in [1.54, 1.807) is 0 Å². The van der Waals surface area contributed by atoms with Crippen molar-refractivity contribution in [3.05, 3.63) is 58.6 Å². The van der Waals surface area contributed by atoms with E-state index in [-0.39, 0.29) is 17.2 Å². The van der Waals surface area contributed by atoms with Crippen molar-refractivity contribution >= 4 is 17.6 Å². The van der Waals surface area contributed by atoms with Crippen LogP contribution in [-0.4, -0.2) is 11.1 Å². The summed E-state index contributed by atoms with van der Waals surface area (Å²) in [6, 6.07) is 12.1. The van der Waals surface area contributed by atoms with Crippen LogP contribution in [-0.2, 0) is 0 Å². The van der Waals surface area contributed by atoms with E-state index in [1.165, 1.54) is 18.2 Å². The fourth-order valence-corrected chi connectivity index (χ4v) is 2.09. The predicted molar refractivity (Wildman–Crippen MR) is 79.0 cm³/mol. The molecule has 0 spiro atoms. The van der Waals surface area contributed by atoms with Crippen LogP contribution in [0.1, 0.15) is 35.7 Å². The van der Waals surface area contributed by atoms with Gasteiger partial charge >= 0.3 is 5.97 Å². The van der Waals surface area contributed by atoms with Gasteiger partial charge in [0.15, 0.2) is 0 Å². The Hall–Kier alpha value is -2.00. The molecule has 2 aromatic carbocycles. The second-order valence-corrected chi connectivity index (χ2v) is 5.18. The Kier molecular flexibility index (Phi) is 4.30. The normalized spacial score (nSPS) is 10.6. The molecule has 0 unspecified atom stereocenters. The van der Waals surface area contributed by atoms with E-state index in [2.05, 4.69) is 13.8 Å². The van der Waals surface area contributed by atoms with Crippen molar-refractivity contribution in [1.29, 1.82) is 0 Å². The summed E-state index contributed by atoms with van der Waals surface area (Å²) in [6.45, 7) is 4.11. The number of carbonyl (C=O) groups is 1. The standard InChI is InChI=1S/C16H15ClO3/c1-10(2)12-5-3-4-6-14(12)20-15-9-11(17)7-8-13(15)16(18)19/h3-10H,1-2H3,(H,18,19). The molecule has 0 atom stereocenters. The topological polar surface area (TPSA) is 46.5 Å². The quantitative estimate of drug-likeness (QED) is 0.866. The maximum Gasteiger partial charge on any atom is 0.339 e. The molecule has 104 valence electrons. The van der Waals surface area contributed by atoms with Gasteiger partial charge in [-0.25, -0.2) is 4.79 Å². The molecule has 20 heavy (non-hydrogen) atoms. The highest BCUT2D eigenvalue weighted by Crippen LogP contribution is 2.33. The third-order valence-corrected chi connectivity index (χ3v) is 3.17. The van der Waals surface area contributed by atoms with Crippen molar-refractivity contribution in [2.45, 2.75) is 19.8 Å². The van der Waals surface area contributed by atoms with Crippen molar-refractivity contribution < 1.29 is 14.6 Å². The predicted octanol–water partition coefficient (Wildman–Crippen LogP) is 4.95. The maximum atomic E-state index is 11.2. The van der Waals surface area contributed by atoms with E-state index in [0.29, 0.717) is 10.8 Å². The monoisotopic (exact) mass is 290 g/mol. The first-order valence-corrected chi connectivity index (χ1v) is 6.66. The van der Waals surface area contributed by atoms with Crippen molar-refractivity contribution in [3.8, 4) is 11.5 Å². The summed E-state index contributed by atoms with van der Waals surface area (Å²) in [5.41, 5.74) is 1.11. The van der Waals surface area contributed by atoms with E-state index in [0.717, 1.165) is 5.56 Å². The molecule has 0 aromatic heterocycles. The summed E-state index contributed by atoms with van der Waals surface area (Å²) in [7, 11) is 0. The average molecular weight is 291 g/mol. The number of carboxylic acid groups (broad SMARTS) is 1. The van der Waals surface area contributed by atoms with E-state index < -0.39 is 5.97 Å². The number of rotatable bonds is 4. The summed E-state index contributed by atoms with van der Waals surface area (Å²) in [6.07, 6.45) is 0. The molecule has 1 N–H and O–H groups in total. The van der Waals surface area contributed by atoms with Gasteiger partial charge in [-0.3, -0.25) is 0 Å². The van der Waals surface area contributed by atoms with Gasteiger partial charge in [0, 0.05) is 11.1 Å². The number of benzene rings is 2. The second-order valence-electron chi connectivity index (χ2n) is 4.74. The Labute approximate surface area is 122 Å². The maximum absolute atomic E-state index is 11.2.